The van der Waals surface area contributed by atoms with Gasteiger partial charge in [-0.25, -0.2) is 4.39 Å². The van der Waals surface area contributed by atoms with Gasteiger partial charge in [0.1, 0.15) is 6.17 Å². The van der Waals surface area contributed by atoms with Gasteiger partial charge in [-0.3, -0.25) is 0 Å². The van der Waals surface area contributed by atoms with E-state index in [1.165, 1.54) is 70.6 Å². The summed E-state index contributed by atoms with van der Waals surface area (Å²) in [7, 11) is 0. The summed E-state index contributed by atoms with van der Waals surface area (Å²) in [5.74, 6) is 0.266. The second-order valence-electron chi connectivity index (χ2n) is 6.96. The molecule has 0 N–H and O–H groups in total. The summed E-state index contributed by atoms with van der Waals surface area (Å²) in [6.45, 7) is 6.48. The number of hydrogen-bond acceptors (Lipinski definition) is 0. The topological polar surface area (TPSA) is 0 Å². The molecule has 0 heterocycles. The van der Waals surface area contributed by atoms with Crippen molar-refractivity contribution in [3.63, 3.8) is 0 Å². The minimum atomic E-state index is -0.562. The third-order valence-electron chi connectivity index (χ3n) is 4.69. The van der Waals surface area contributed by atoms with E-state index in [1.807, 2.05) is 0 Å². The van der Waals surface area contributed by atoms with Gasteiger partial charge in [0, 0.05) is 0 Å². The van der Waals surface area contributed by atoms with Crippen LogP contribution in [0.2, 0.25) is 0 Å². The van der Waals surface area contributed by atoms with Crippen molar-refractivity contribution in [2.75, 3.05) is 0 Å². The smallest absolute Gasteiger partial charge is 0.103 e. The van der Waals surface area contributed by atoms with Crippen LogP contribution in [0.4, 0.5) is 4.39 Å². The second kappa shape index (κ2) is 16.3. The summed E-state index contributed by atoms with van der Waals surface area (Å²) < 4.78 is 13.8. The Bertz CT molecular complexity index is 190. The maximum absolute atomic E-state index is 13.8. The Morgan fingerprint density at radius 2 is 1.00 bits per heavy atom. The normalized spacial score (nSPS) is 14.3. The zero-order chi connectivity index (χ0) is 15.8. The molecule has 128 valence electrons. The quantitative estimate of drug-likeness (QED) is 0.254. The first kappa shape index (κ1) is 20.9. The van der Waals surface area contributed by atoms with Crippen LogP contribution in [-0.4, -0.2) is 6.17 Å². The van der Waals surface area contributed by atoms with Gasteiger partial charge >= 0.3 is 0 Å². The molecule has 0 nitrogen and oxygen atoms in total. The van der Waals surface area contributed by atoms with Crippen LogP contribution in [0.3, 0.4) is 0 Å². The first-order valence-electron chi connectivity index (χ1n) is 9.86. The molecule has 0 amide bonds. The van der Waals surface area contributed by atoms with Crippen molar-refractivity contribution in [2.24, 2.45) is 5.92 Å². The molecule has 0 aromatic heterocycles. The molecule has 0 spiro atoms. The van der Waals surface area contributed by atoms with E-state index in [0.717, 1.165) is 25.7 Å². The van der Waals surface area contributed by atoms with Gasteiger partial charge in [-0.15, -0.1) is 0 Å². The van der Waals surface area contributed by atoms with Crippen molar-refractivity contribution in [3.05, 3.63) is 0 Å². The van der Waals surface area contributed by atoms with E-state index >= 15 is 0 Å². The molecular weight excluding hydrogens is 259 g/mol. The minimum absolute atomic E-state index is 0.266. The lowest BCUT2D eigenvalue weighted by Gasteiger charge is -2.15. The molecule has 0 saturated heterocycles. The van der Waals surface area contributed by atoms with Gasteiger partial charge in [0.2, 0.25) is 0 Å². The molecule has 0 rings (SSSR count). The van der Waals surface area contributed by atoms with Crippen LogP contribution in [0.1, 0.15) is 117 Å². The van der Waals surface area contributed by atoms with Crippen LogP contribution in [0.5, 0.6) is 0 Å². The van der Waals surface area contributed by atoms with Gasteiger partial charge in [0.05, 0.1) is 0 Å². The Kier molecular flexibility index (Phi) is 16.2. The van der Waals surface area contributed by atoms with Crippen LogP contribution in [0.25, 0.3) is 0 Å². The van der Waals surface area contributed by atoms with Crippen LogP contribution in [-0.2, 0) is 0 Å². The summed E-state index contributed by atoms with van der Waals surface area (Å²) in [6, 6.07) is 0. The largest absolute Gasteiger partial charge is 0.247 e. The minimum Gasteiger partial charge on any atom is -0.247 e. The summed E-state index contributed by atoms with van der Waals surface area (Å²) in [6.07, 6.45) is 18.6. The first-order valence-corrected chi connectivity index (χ1v) is 9.86. The molecule has 0 saturated carbocycles. The number of rotatable bonds is 16. The number of unbranched alkanes of at least 4 members (excludes halogenated alkanes) is 11. The highest BCUT2D eigenvalue weighted by molar-refractivity contribution is 4.64. The fourth-order valence-corrected chi connectivity index (χ4v) is 3.10. The van der Waals surface area contributed by atoms with Crippen molar-refractivity contribution in [3.8, 4) is 0 Å². The zero-order valence-corrected chi connectivity index (χ0v) is 15.1. The monoisotopic (exact) mass is 300 g/mol. The fraction of sp³-hybridized carbons (Fsp3) is 1.00. The van der Waals surface area contributed by atoms with Gasteiger partial charge in [-0.05, 0) is 18.8 Å². The Labute approximate surface area is 134 Å². The van der Waals surface area contributed by atoms with E-state index in [4.69, 9.17) is 0 Å². The van der Waals surface area contributed by atoms with Gasteiger partial charge in [-0.2, -0.15) is 0 Å². The van der Waals surface area contributed by atoms with E-state index in [9.17, 15) is 4.39 Å². The molecule has 1 heteroatoms. The maximum Gasteiger partial charge on any atom is 0.103 e. The van der Waals surface area contributed by atoms with Crippen LogP contribution in [0.15, 0.2) is 0 Å². The predicted octanol–water partition coefficient (Wildman–Crippen LogP) is 7.85. The molecule has 0 aromatic rings. The summed E-state index contributed by atoms with van der Waals surface area (Å²) in [5, 5.41) is 0. The van der Waals surface area contributed by atoms with Gasteiger partial charge < -0.3 is 0 Å². The average Bonchev–Trinajstić information content (AvgIpc) is 2.48. The van der Waals surface area contributed by atoms with Gasteiger partial charge in [-0.1, -0.05) is 104 Å². The Morgan fingerprint density at radius 3 is 1.43 bits per heavy atom. The third-order valence-corrected chi connectivity index (χ3v) is 4.69. The average molecular weight is 301 g/mol. The highest BCUT2D eigenvalue weighted by Crippen LogP contribution is 2.20. The van der Waals surface area contributed by atoms with Gasteiger partial charge in [0.15, 0.2) is 0 Å². The SMILES string of the molecule is CCCCCCCCCCCCCCC(F)C(C)CCC. The molecular formula is C20H41F. The standard InChI is InChI=1S/C20H41F/c1-4-6-7-8-9-10-11-12-13-14-15-16-18-20(21)19(3)17-5-2/h19-20H,4-18H2,1-3H3. The second-order valence-corrected chi connectivity index (χ2v) is 6.96. The van der Waals surface area contributed by atoms with Crippen molar-refractivity contribution in [1.82, 2.24) is 0 Å². The summed E-state index contributed by atoms with van der Waals surface area (Å²) >= 11 is 0. The highest BCUT2D eigenvalue weighted by atomic mass is 19.1. The fourth-order valence-electron chi connectivity index (χ4n) is 3.10. The van der Waals surface area contributed by atoms with Crippen molar-refractivity contribution in [1.29, 1.82) is 0 Å². The van der Waals surface area contributed by atoms with Crippen LogP contribution < -0.4 is 0 Å². The van der Waals surface area contributed by atoms with Gasteiger partial charge in [0.25, 0.3) is 0 Å². The lowest BCUT2D eigenvalue weighted by Crippen LogP contribution is -2.12. The summed E-state index contributed by atoms with van der Waals surface area (Å²) in [4.78, 5) is 0. The van der Waals surface area contributed by atoms with E-state index < -0.39 is 6.17 Å². The third kappa shape index (κ3) is 14.6. The van der Waals surface area contributed by atoms with Crippen molar-refractivity contribution < 1.29 is 4.39 Å². The number of halogens is 1. The summed E-state index contributed by atoms with van der Waals surface area (Å²) in [5.41, 5.74) is 0. The first-order chi connectivity index (χ1) is 10.2. The van der Waals surface area contributed by atoms with E-state index in [0.29, 0.717) is 0 Å². The molecule has 2 atom stereocenters. The molecule has 0 fully saturated rings. The molecule has 0 aliphatic rings. The van der Waals surface area contributed by atoms with E-state index in [1.54, 1.807) is 0 Å². The molecule has 0 aliphatic heterocycles. The maximum atomic E-state index is 13.8. The molecule has 2 unspecified atom stereocenters. The Balaban J connectivity index is 3.15. The molecule has 0 aromatic carbocycles. The van der Waals surface area contributed by atoms with Crippen LogP contribution in [0, 0.1) is 5.92 Å². The van der Waals surface area contributed by atoms with Crippen LogP contribution >= 0.6 is 0 Å². The van der Waals surface area contributed by atoms with E-state index in [-0.39, 0.29) is 5.92 Å². The Hall–Kier alpha value is -0.0700. The lowest BCUT2D eigenvalue weighted by molar-refractivity contribution is 0.211. The zero-order valence-electron chi connectivity index (χ0n) is 15.1. The Morgan fingerprint density at radius 1 is 0.571 bits per heavy atom. The highest BCUT2D eigenvalue weighted by Gasteiger charge is 2.14. The lowest BCUT2D eigenvalue weighted by atomic mass is 9.96. The number of alkyl halides is 1. The number of hydrogen-bond donors (Lipinski definition) is 0. The molecule has 0 radical (unpaired) electrons. The predicted molar refractivity (Wildman–Crippen MR) is 94.7 cm³/mol. The van der Waals surface area contributed by atoms with Crippen molar-refractivity contribution in [2.45, 2.75) is 123 Å². The molecule has 0 bridgehead atoms. The van der Waals surface area contributed by atoms with E-state index in [2.05, 4.69) is 20.8 Å². The molecule has 21 heavy (non-hydrogen) atoms. The molecule has 0 aliphatic carbocycles. The van der Waals surface area contributed by atoms with Crippen molar-refractivity contribution >= 4 is 0 Å².